The number of amides is 1. The molecule has 3 rings (SSSR count). The number of rotatable bonds is 5. The number of ether oxygens (including phenoxy) is 1. The molecule has 1 aliphatic heterocycles. The smallest absolute Gasteiger partial charge is 0.243 e. The fraction of sp³-hybridized carbons (Fsp3) is 0.278. The number of morpholine rings is 1. The molecule has 0 unspecified atom stereocenters. The van der Waals surface area contributed by atoms with Gasteiger partial charge < -0.3 is 20.3 Å². The van der Waals surface area contributed by atoms with Gasteiger partial charge in [-0.2, -0.15) is 0 Å². The van der Waals surface area contributed by atoms with Gasteiger partial charge in [0.1, 0.15) is 5.82 Å². The zero-order chi connectivity index (χ0) is 17.6. The van der Waals surface area contributed by atoms with Crippen LogP contribution in [0.25, 0.3) is 0 Å². The van der Waals surface area contributed by atoms with E-state index in [0.29, 0.717) is 23.9 Å². The van der Waals surface area contributed by atoms with Gasteiger partial charge in [0.2, 0.25) is 5.91 Å². The first-order chi connectivity index (χ1) is 12.1. The number of nitrogens with zero attached hydrogens (tertiary/aromatic N) is 1. The van der Waals surface area contributed by atoms with Gasteiger partial charge in [0.25, 0.3) is 0 Å². The number of carbonyl (C=O) groups excluding carboxylic acids is 1. The molecule has 1 amide bonds. The molecule has 0 aromatic heterocycles. The second-order valence-electron chi connectivity index (χ2n) is 5.67. The highest BCUT2D eigenvalue weighted by Gasteiger charge is 2.15. The van der Waals surface area contributed by atoms with Crippen molar-refractivity contribution >= 4 is 34.6 Å². The van der Waals surface area contributed by atoms with Crippen LogP contribution >= 0.6 is 11.6 Å². The Labute approximate surface area is 150 Å². The summed E-state index contributed by atoms with van der Waals surface area (Å²) in [5.74, 6) is -0.659. The second kappa shape index (κ2) is 8.18. The average Bonchev–Trinajstić information content (AvgIpc) is 2.61. The summed E-state index contributed by atoms with van der Waals surface area (Å²) in [6, 6.07) is 11.3. The van der Waals surface area contributed by atoms with Gasteiger partial charge in [-0.1, -0.05) is 17.7 Å². The Morgan fingerprint density at radius 2 is 2.00 bits per heavy atom. The quantitative estimate of drug-likeness (QED) is 0.855. The van der Waals surface area contributed by atoms with Crippen molar-refractivity contribution in [2.75, 3.05) is 48.4 Å². The van der Waals surface area contributed by atoms with Crippen LogP contribution in [0.5, 0.6) is 0 Å². The van der Waals surface area contributed by atoms with Gasteiger partial charge in [0, 0.05) is 23.8 Å². The Morgan fingerprint density at radius 1 is 1.20 bits per heavy atom. The van der Waals surface area contributed by atoms with Gasteiger partial charge >= 0.3 is 0 Å². The zero-order valence-corrected chi connectivity index (χ0v) is 14.4. The lowest BCUT2D eigenvalue weighted by molar-refractivity contribution is -0.114. The topological polar surface area (TPSA) is 53.6 Å². The number of carbonyl (C=O) groups is 1. The summed E-state index contributed by atoms with van der Waals surface area (Å²) < 4.78 is 18.6. The molecule has 7 heteroatoms. The van der Waals surface area contributed by atoms with Crippen LogP contribution in [-0.4, -0.2) is 38.8 Å². The highest BCUT2D eigenvalue weighted by atomic mass is 35.5. The van der Waals surface area contributed by atoms with Gasteiger partial charge in [-0.3, -0.25) is 4.79 Å². The fourth-order valence-electron chi connectivity index (χ4n) is 2.68. The Hall–Kier alpha value is -2.31. The maximum absolute atomic E-state index is 13.2. The van der Waals surface area contributed by atoms with Crippen molar-refractivity contribution in [3.63, 3.8) is 0 Å². The van der Waals surface area contributed by atoms with Crippen LogP contribution in [0, 0.1) is 5.82 Å². The molecule has 0 bridgehead atoms. The van der Waals surface area contributed by atoms with Crippen LogP contribution < -0.4 is 15.5 Å². The molecular weight excluding hydrogens is 345 g/mol. The summed E-state index contributed by atoms with van der Waals surface area (Å²) in [5, 5.41) is 6.36. The number of nitrogens with one attached hydrogen (secondary N) is 2. The number of halogens is 2. The molecule has 0 aliphatic carbocycles. The van der Waals surface area contributed by atoms with Gasteiger partial charge in [0.15, 0.2) is 0 Å². The second-order valence-corrected chi connectivity index (χ2v) is 6.11. The number of hydrogen-bond acceptors (Lipinski definition) is 4. The molecule has 0 saturated carbocycles. The van der Waals surface area contributed by atoms with E-state index in [9.17, 15) is 9.18 Å². The van der Waals surface area contributed by atoms with Crippen molar-refractivity contribution in [3.05, 3.63) is 53.3 Å². The predicted molar refractivity (Wildman–Crippen MR) is 98.0 cm³/mol. The third-order valence-corrected chi connectivity index (χ3v) is 4.09. The summed E-state index contributed by atoms with van der Waals surface area (Å²) in [5.41, 5.74) is 2.18. The number of anilines is 3. The number of hydrogen-bond donors (Lipinski definition) is 2. The lowest BCUT2D eigenvalue weighted by Crippen LogP contribution is -2.36. The molecule has 0 spiro atoms. The standard InChI is InChI=1S/C18H19ClFN3O2/c19-13-4-5-17(23-6-8-25-9-7-23)16(10-13)21-12-18(24)22-15-3-1-2-14(20)11-15/h1-5,10-11,21H,6-9,12H2,(H,22,24). The molecule has 132 valence electrons. The van der Waals surface area contributed by atoms with E-state index >= 15 is 0 Å². The minimum Gasteiger partial charge on any atom is -0.378 e. The summed E-state index contributed by atoms with van der Waals surface area (Å²) in [6.07, 6.45) is 0. The summed E-state index contributed by atoms with van der Waals surface area (Å²) in [6.45, 7) is 2.95. The Kier molecular flexibility index (Phi) is 5.73. The lowest BCUT2D eigenvalue weighted by atomic mass is 10.2. The molecule has 0 atom stereocenters. The van der Waals surface area contributed by atoms with E-state index in [2.05, 4.69) is 15.5 Å². The van der Waals surface area contributed by atoms with E-state index in [-0.39, 0.29) is 12.5 Å². The van der Waals surface area contributed by atoms with Crippen LogP contribution in [0.1, 0.15) is 0 Å². The summed E-state index contributed by atoms with van der Waals surface area (Å²) >= 11 is 6.09. The molecule has 25 heavy (non-hydrogen) atoms. The summed E-state index contributed by atoms with van der Waals surface area (Å²) in [4.78, 5) is 14.3. The van der Waals surface area contributed by atoms with Crippen molar-refractivity contribution in [2.45, 2.75) is 0 Å². The van der Waals surface area contributed by atoms with E-state index in [4.69, 9.17) is 16.3 Å². The van der Waals surface area contributed by atoms with Crippen LogP contribution in [0.15, 0.2) is 42.5 Å². The molecule has 5 nitrogen and oxygen atoms in total. The van der Waals surface area contributed by atoms with Gasteiger partial charge in [-0.15, -0.1) is 0 Å². The van der Waals surface area contributed by atoms with Gasteiger partial charge in [0.05, 0.1) is 31.1 Å². The van der Waals surface area contributed by atoms with Crippen molar-refractivity contribution in [3.8, 4) is 0 Å². The number of benzene rings is 2. The molecule has 2 aromatic rings. The van der Waals surface area contributed by atoms with Crippen LogP contribution in [-0.2, 0) is 9.53 Å². The van der Waals surface area contributed by atoms with E-state index < -0.39 is 5.82 Å². The lowest BCUT2D eigenvalue weighted by Gasteiger charge is -2.30. The Bertz CT molecular complexity index is 751. The van der Waals surface area contributed by atoms with Gasteiger partial charge in [-0.25, -0.2) is 4.39 Å². The van der Waals surface area contributed by atoms with E-state index in [1.54, 1.807) is 18.2 Å². The van der Waals surface area contributed by atoms with Crippen molar-refractivity contribution < 1.29 is 13.9 Å². The van der Waals surface area contributed by atoms with Crippen LogP contribution in [0.4, 0.5) is 21.5 Å². The van der Waals surface area contributed by atoms with E-state index in [1.807, 2.05) is 12.1 Å². The van der Waals surface area contributed by atoms with E-state index in [0.717, 1.165) is 24.5 Å². The highest BCUT2D eigenvalue weighted by molar-refractivity contribution is 6.31. The third-order valence-electron chi connectivity index (χ3n) is 3.86. The highest BCUT2D eigenvalue weighted by Crippen LogP contribution is 2.29. The molecule has 0 radical (unpaired) electrons. The predicted octanol–water partition coefficient (Wildman–Crippen LogP) is 3.37. The first-order valence-electron chi connectivity index (χ1n) is 8.03. The molecule has 1 saturated heterocycles. The van der Waals surface area contributed by atoms with Crippen LogP contribution in [0.2, 0.25) is 5.02 Å². The minimum absolute atomic E-state index is 0.0498. The SMILES string of the molecule is O=C(CNc1cc(Cl)ccc1N1CCOCC1)Nc1cccc(F)c1. The maximum atomic E-state index is 13.2. The Balaban J connectivity index is 1.65. The largest absolute Gasteiger partial charge is 0.378 e. The van der Waals surface area contributed by atoms with Crippen molar-refractivity contribution in [2.24, 2.45) is 0 Å². The Morgan fingerprint density at radius 3 is 2.76 bits per heavy atom. The third kappa shape index (κ3) is 4.84. The summed E-state index contributed by atoms with van der Waals surface area (Å²) in [7, 11) is 0. The maximum Gasteiger partial charge on any atom is 0.243 e. The molecule has 1 heterocycles. The van der Waals surface area contributed by atoms with Crippen LogP contribution in [0.3, 0.4) is 0 Å². The monoisotopic (exact) mass is 363 g/mol. The normalized spacial score (nSPS) is 14.2. The van der Waals surface area contributed by atoms with Gasteiger partial charge in [-0.05, 0) is 36.4 Å². The first-order valence-corrected chi connectivity index (χ1v) is 8.41. The fourth-order valence-corrected chi connectivity index (χ4v) is 2.85. The zero-order valence-electron chi connectivity index (χ0n) is 13.6. The van der Waals surface area contributed by atoms with E-state index in [1.165, 1.54) is 12.1 Å². The molecule has 1 fully saturated rings. The van der Waals surface area contributed by atoms with Crippen molar-refractivity contribution in [1.82, 2.24) is 0 Å². The average molecular weight is 364 g/mol. The molecule has 2 N–H and O–H groups in total. The van der Waals surface area contributed by atoms with Crippen molar-refractivity contribution in [1.29, 1.82) is 0 Å². The first kappa shape index (κ1) is 17.5. The molecular formula is C18H19ClFN3O2. The molecule has 2 aromatic carbocycles. The molecule has 1 aliphatic rings. The minimum atomic E-state index is -0.393.